The summed E-state index contributed by atoms with van der Waals surface area (Å²) >= 11 is 0. The molecule has 1 aliphatic carbocycles. The maximum atomic E-state index is 12.8. The highest BCUT2D eigenvalue weighted by Crippen LogP contribution is 2.31. The fourth-order valence-electron chi connectivity index (χ4n) is 4.33. The van der Waals surface area contributed by atoms with Crippen LogP contribution < -0.4 is 5.32 Å². The Hall–Kier alpha value is -1.88. The number of anilines is 1. The molecule has 1 aromatic carbocycles. The van der Waals surface area contributed by atoms with Crippen molar-refractivity contribution in [2.75, 3.05) is 38.0 Å². The number of nitrogens with one attached hydrogen (secondary N) is 1. The van der Waals surface area contributed by atoms with E-state index in [1.54, 1.807) is 0 Å². The molecule has 2 amide bonds. The Labute approximate surface area is 163 Å². The van der Waals surface area contributed by atoms with Crippen molar-refractivity contribution in [1.29, 1.82) is 0 Å². The van der Waals surface area contributed by atoms with Gasteiger partial charge >= 0.3 is 0 Å². The number of amides is 2. The van der Waals surface area contributed by atoms with Gasteiger partial charge in [0.15, 0.2) is 0 Å². The van der Waals surface area contributed by atoms with Crippen molar-refractivity contribution in [3.05, 3.63) is 29.3 Å². The number of benzene rings is 1. The van der Waals surface area contributed by atoms with Crippen LogP contribution in [0.1, 0.15) is 43.7 Å². The van der Waals surface area contributed by atoms with Crippen LogP contribution in [0.4, 0.5) is 5.69 Å². The van der Waals surface area contributed by atoms with Crippen LogP contribution in [-0.4, -0.2) is 54.3 Å². The molecule has 0 radical (unpaired) electrons. The second kappa shape index (κ2) is 8.87. The summed E-state index contributed by atoms with van der Waals surface area (Å²) in [4.78, 5) is 29.9. The van der Waals surface area contributed by atoms with Gasteiger partial charge in [0.05, 0.1) is 0 Å². The highest BCUT2D eigenvalue weighted by Gasteiger charge is 2.33. The van der Waals surface area contributed by atoms with Crippen molar-refractivity contribution in [1.82, 2.24) is 9.80 Å². The van der Waals surface area contributed by atoms with Crippen molar-refractivity contribution in [2.24, 2.45) is 11.8 Å². The molecule has 148 valence electrons. The fourth-order valence-corrected chi connectivity index (χ4v) is 4.33. The monoisotopic (exact) mass is 371 g/mol. The minimum absolute atomic E-state index is 0.0201. The largest absolute Gasteiger partial charge is 0.340 e. The Morgan fingerprint density at radius 3 is 2.22 bits per heavy atom. The van der Waals surface area contributed by atoms with E-state index in [1.165, 1.54) is 5.56 Å². The van der Waals surface area contributed by atoms with Gasteiger partial charge in [-0.2, -0.15) is 0 Å². The lowest BCUT2D eigenvalue weighted by Crippen LogP contribution is -2.50. The molecule has 2 fully saturated rings. The molecule has 1 aromatic rings. The van der Waals surface area contributed by atoms with E-state index in [2.05, 4.69) is 30.1 Å². The predicted octanol–water partition coefficient (Wildman–Crippen LogP) is 3.21. The number of carbonyl (C=O) groups excluding carboxylic acids is 2. The standard InChI is InChI=1S/C22H33N3O2/c1-4-24-11-13-25(14-12-24)22(27)19-8-6-18(7-9-19)21(26)23-20-10-5-16(2)15-17(20)3/h5,10,15,18-19H,4,6-9,11-14H2,1-3H3,(H,23,26). The summed E-state index contributed by atoms with van der Waals surface area (Å²) in [6.45, 7) is 11.0. The molecule has 0 spiro atoms. The molecule has 3 rings (SSSR count). The van der Waals surface area contributed by atoms with Crippen LogP contribution in [0, 0.1) is 25.7 Å². The third kappa shape index (κ3) is 4.89. The van der Waals surface area contributed by atoms with E-state index in [0.717, 1.165) is 69.7 Å². The molecule has 1 heterocycles. The topological polar surface area (TPSA) is 52.7 Å². The van der Waals surface area contributed by atoms with Gasteiger partial charge < -0.3 is 15.1 Å². The summed E-state index contributed by atoms with van der Waals surface area (Å²) in [5, 5.41) is 3.09. The minimum atomic E-state index is 0.0201. The van der Waals surface area contributed by atoms with Crippen molar-refractivity contribution < 1.29 is 9.59 Å². The summed E-state index contributed by atoms with van der Waals surface area (Å²) in [5.41, 5.74) is 3.19. The first-order chi connectivity index (χ1) is 13.0. The Kier molecular flexibility index (Phi) is 6.53. The number of hydrogen-bond donors (Lipinski definition) is 1. The van der Waals surface area contributed by atoms with Crippen molar-refractivity contribution in [3.8, 4) is 0 Å². The zero-order valence-corrected chi connectivity index (χ0v) is 17.0. The van der Waals surface area contributed by atoms with Crippen LogP contribution in [0.15, 0.2) is 18.2 Å². The molecule has 1 saturated carbocycles. The van der Waals surface area contributed by atoms with Gasteiger partial charge in [0.2, 0.25) is 11.8 Å². The SMILES string of the molecule is CCN1CCN(C(=O)C2CCC(C(=O)Nc3ccc(C)cc3C)CC2)CC1. The smallest absolute Gasteiger partial charge is 0.227 e. The first-order valence-corrected chi connectivity index (χ1v) is 10.4. The molecule has 0 atom stereocenters. The number of likely N-dealkylation sites (N-methyl/N-ethyl adjacent to an activating group) is 1. The number of nitrogens with zero attached hydrogens (tertiary/aromatic N) is 2. The van der Waals surface area contributed by atoms with E-state index in [1.807, 2.05) is 24.0 Å². The van der Waals surface area contributed by atoms with Gasteiger partial charge in [-0.1, -0.05) is 24.6 Å². The normalized spacial score (nSPS) is 23.9. The van der Waals surface area contributed by atoms with E-state index in [0.29, 0.717) is 5.91 Å². The minimum Gasteiger partial charge on any atom is -0.340 e. The van der Waals surface area contributed by atoms with Crippen LogP contribution in [0.2, 0.25) is 0 Å². The fraction of sp³-hybridized carbons (Fsp3) is 0.636. The van der Waals surface area contributed by atoms with Gasteiger partial charge in [0, 0.05) is 43.7 Å². The molecule has 0 bridgehead atoms. The van der Waals surface area contributed by atoms with Gasteiger partial charge in [0.25, 0.3) is 0 Å². The molecule has 2 aliphatic rings. The lowest BCUT2D eigenvalue weighted by molar-refractivity contribution is -0.139. The first-order valence-electron chi connectivity index (χ1n) is 10.4. The summed E-state index contributed by atoms with van der Waals surface area (Å²) < 4.78 is 0. The molecule has 1 saturated heterocycles. The maximum Gasteiger partial charge on any atom is 0.227 e. The molecular weight excluding hydrogens is 338 g/mol. The van der Waals surface area contributed by atoms with Crippen molar-refractivity contribution >= 4 is 17.5 Å². The second-order valence-electron chi connectivity index (χ2n) is 8.12. The predicted molar refractivity (Wildman–Crippen MR) is 109 cm³/mol. The lowest BCUT2D eigenvalue weighted by Gasteiger charge is -2.37. The number of hydrogen-bond acceptors (Lipinski definition) is 3. The van der Waals surface area contributed by atoms with E-state index in [4.69, 9.17) is 0 Å². The Morgan fingerprint density at radius 1 is 1.00 bits per heavy atom. The average Bonchev–Trinajstić information content (AvgIpc) is 2.69. The Morgan fingerprint density at radius 2 is 1.63 bits per heavy atom. The van der Waals surface area contributed by atoms with Crippen LogP contribution >= 0.6 is 0 Å². The molecule has 1 aliphatic heterocycles. The van der Waals surface area contributed by atoms with Gasteiger partial charge in [-0.05, 0) is 57.7 Å². The summed E-state index contributed by atoms with van der Waals surface area (Å²) in [5.74, 6) is 0.526. The quantitative estimate of drug-likeness (QED) is 0.884. The van der Waals surface area contributed by atoms with Crippen LogP contribution in [-0.2, 0) is 9.59 Å². The third-order valence-corrected chi connectivity index (χ3v) is 6.22. The van der Waals surface area contributed by atoms with Crippen LogP contribution in [0.3, 0.4) is 0 Å². The molecular formula is C22H33N3O2. The molecule has 5 heteroatoms. The highest BCUT2D eigenvalue weighted by atomic mass is 16.2. The van der Waals surface area contributed by atoms with Gasteiger partial charge in [0.1, 0.15) is 0 Å². The zero-order chi connectivity index (χ0) is 19.4. The zero-order valence-electron chi connectivity index (χ0n) is 17.0. The molecule has 27 heavy (non-hydrogen) atoms. The molecule has 1 N–H and O–H groups in total. The number of piperazine rings is 1. The van der Waals surface area contributed by atoms with E-state index >= 15 is 0 Å². The molecule has 0 unspecified atom stereocenters. The van der Waals surface area contributed by atoms with Crippen molar-refractivity contribution in [2.45, 2.75) is 46.5 Å². The summed E-state index contributed by atoms with van der Waals surface area (Å²) in [6.07, 6.45) is 3.28. The molecule has 0 aromatic heterocycles. The number of carbonyl (C=O) groups is 2. The Bertz CT molecular complexity index is 672. The van der Waals surface area contributed by atoms with E-state index in [-0.39, 0.29) is 17.7 Å². The summed E-state index contributed by atoms with van der Waals surface area (Å²) in [6, 6.07) is 6.09. The second-order valence-corrected chi connectivity index (χ2v) is 8.12. The average molecular weight is 372 g/mol. The van der Waals surface area contributed by atoms with Gasteiger partial charge in [-0.25, -0.2) is 0 Å². The first kappa shape index (κ1) is 19.9. The van der Waals surface area contributed by atoms with Crippen LogP contribution in [0.5, 0.6) is 0 Å². The lowest BCUT2D eigenvalue weighted by atomic mass is 9.80. The maximum absolute atomic E-state index is 12.8. The third-order valence-electron chi connectivity index (χ3n) is 6.22. The van der Waals surface area contributed by atoms with Gasteiger partial charge in [-0.3, -0.25) is 9.59 Å². The highest BCUT2D eigenvalue weighted by molar-refractivity contribution is 5.93. The van der Waals surface area contributed by atoms with E-state index in [9.17, 15) is 9.59 Å². The molecule has 5 nitrogen and oxygen atoms in total. The summed E-state index contributed by atoms with van der Waals surface area (Å²) in [7, 11) is 0. The Balaban J connectivity index is 1.48. The number of aryl methyl sites for hydroxylation is 2. The van der Waals surface area contributed by atoms with E-state index < -0.39 is 0 Å². The van der Waals surface area contributed by atoms with Crippen LogP contribution in [0.25, 0.3) is 0 Å². The van der Waals surface area contributed by atoms with Gasteiger partial charge in [-0.15, -0.1) is 0 Å². The number of rotatable bonds is 4. The van der Waals surface area contributed by atoms with Crippen molar-refractivity contribution in [3.63, 3.8) is 0 Å².